The van der Waals surface area contributed by atoms with Crippen molar-refractivity contribution >= 4 is 44.9 Å². The molecule has 2 heterocycles. The van der Waals surface area contributed by atoms with Gasteiger partial charge in [-0.05, 0) is 101 Å². The normalized spacial score (nSPS) is 18.3. The number of rotatable bonds is 8. The molecule has 2 aromatic carbocycles. The molecule has 10 heteroatoms. The molecule has 8 nitrogen and oxygen atoms in total. The third kappa shape index (κ3) is 6.29. The molecule has 1 atom stereocenters. The average molecular weight is 556 g/mol. The summed E-state index contributed by atoms with van der Waals surface area (Å²) in [6.07, 6.45) is 8.21. The maximum absolute atomic E-state index is 12.7. The van der Waals surface area contributed by atoms with Gasteiger partial charge in [0, 0.05) is 11.7 Å². The molecular weight excluding hydrogens is 522 g/mol. The van der Waals surface area contributed by atoms with Crippen LogP contribution in [0.1, 0.15) is 50.7 Å². The van der Waals surface area contributed by atoms with Gasteiger partial charge >= 0.3 is 0 Å². The summed E-state index contributed by atoms with van der Waals surface area (Å²) in [5.41, 5.74) is 4.01. The molecule has 0 saturated carbocycles. The first-order chi connectivity index (χ1) is 18.3. The maximum Gasteiger partial charge on any atom is 0.299 e. The van der Waals surface area contributed by atoms with Crippen LogP contribution in [0.2, 0.25) is 5.02 Å². The molecule has 1 aromatic heterocycles. The monoisotopic (exact) mass is 555 g/mol. The molecule has 2 N–H and O–H groups in total. The van der Waals surface area contributed by atoms with E-state index in [-0.39, 0.29) is 9.92 Å². The van der Waals surface area contributed by atoms with Crippen LogP contribution in [0.4, 0.5) is 23.1 Å². The van der Waals surface area contributed by atoms with E-state index in [9.17, 15) is 8.42 Å². The van der Waals surface area contributed by atoms with Crippen molar-refractivity contribution in [1.82, 2.24) is 14.9 Å². The number of anilines is 4. The standard InChI is InChI=1S/C28H34ClN5O3S/c1-19(2)37-38(35,36)26-8-4-3-7-25(26)32-27-24(29)18-30-28(33-27)31-22-12-9-20-10-13-23(14-11-21(20)17-22)34-15-5-6-16-34/h3-4,7-9,12,17-19,23H,5-6,10-11,13-16H2,1-2H3,(H2,30,31,32,33)/t23-/m0/s1. The summed E-state index contributed by atoms with van der Waals surface area (Å²) in [5.74, 6) is 0.652. The zero-order valence-electron chi connectivity index (χ0n) is 21.8. The molecule has 0 spiro atoms. The zero-order valence-corrected chi connectivity index (χ0v) is 23.4. The average Bonchev–Trinajstić information content (AvgIpc) is 3.33. The first kappa shape index (κ1) is 26.9. The van der Waals surface area contributed by atoms with Gasteiger partial charge in [-0.15, -0.1) is 0 Å². The maximum atomic E-state index is 12.7. The molecule has 0 radical (unpaired) electrons. The van der Waals surface area contributed by atoms with E-state index in [2.05, 4.69) is 43.7 Å². The number of para-hydroxylation sites is 1. The van der Waals surface area contributed by atoms with Crippen molar-refractivity contribution < 1.29 is 12.6 Å². The molecule has 0 unspecified atom stereocenters. The van der Waals surface area contributed by atoms with Crippen LogP contribution in [-0.4, -0.2) is 48.5 Å². The fourth-order valence-electron chi connectivity index (χ4n) is 5.31. The van der Waals surface area contributed by atoms with Crippen molar-refractivity contribution in [2.75, 3.05) is 23.7 Å². The molecule has 202 valence electrons. The Bertz CT molecular complexity index is 1390. The summed E-state index contributed by atoms with van der Waals surface area (Å²) >= 11 is 6.38. The molecular formula is C28H34ClN5O3S. The lowest BCUT2D eigenvalue weighted by Gasteiger charge is -2.25. The second-order valence-corrected chi connectivity index (χ2v) is 12.1. The summed E-state index contributed by atoms with van der Waals surface area (Å²) in [6.45, 7) is 5.81. The Hall–Kier alpha value is -2.72. The lowest BCUT2D eigenvalue weighted by molar-refractivity contribution is 0.222. The Labute approximate surface area is 229 Å². The van der Waals surface area contributed by atoms with Crippen molar-refractivity contribution in [1.29, 1.82) is 0 Å². The summed E-state index contributed by atoms with van der Waals surface area (Å²) < 4.78 is 30.7. The fraction of sp³-hybridized carbons (Fsp3) is 0.429. The molecule has 1 fully saturated rings. The number of aryl methyl sites for hydroxylation is 2. The molecule has 2 aliphatic rings. The summed E-state index contributed by atoms with van der Waals surface area (Å²) in [5, 5.41) is 6.61. The number of halogens is 1. The molecule has 38 heavy (non-hydrogen) atoms. The van der Waals surface area contributed by atoms with Crippen LogP contribution < -0.4 is 10.6 Å². The van der Waals surface area contributed by atoms with E-state index in [1.54, 1.807) is 32.0 Å². The van der Waals surface area contributed by atoms with Gasteiger partial charge in [0.25, 0.3) is 10.1 Å². The first-order valence-electron chi connectivity index (χ1n) is 13.2. The van der Waals surface area contributed by atoms with Crippen LogP contribution in [0.5, 0.6) is 0 Å². The van der Waals surface area contributed by atoms with E-state index in [4.69, 9.17) is 15.8 Å². The Morgan fingerprint density at radius 3 is 2.53 bits per heavy atom. The van der Waals surface area contributed by atoms with Gasteiger partial charge in [-0.2, -0.15) is 13.4 Å². The summed E-state index contributed by atoms with van der Waals surface area (Å²) in [7, 11) is -3.97. The minimum atomic E-state index is -3.97. The predicted molar refractivity (Wildman–Crippen MR) is 151 cm³/mol. The van der Waals surface area contributed by atoms with Crippen LogP contribution in [0.25, 0.3) is 0 Å². The van der Waals surface area contributed by atoms with Crippen molar-refractivity contribution in [3.8, 4) is 0 Å². The van der Waals surface area contributed by atoms with Gasteiger partial charge in [0.15, 0.2) is 5.82 Å². The predicted octanol–water partition coefficient (Wildman–Crippen LogP) is 6.07. The third-order valence-electron chi connectivity index (χ3n) is 7.09. The number of nitrogens with one attached hydrogen (secondary N) is 2. The van der Waals surface area contributed by atoms with Gasteiger partial charge in [-0.1, -0.05) is 29.8 Å². The Morgan fingerprint density at radius 1 is 1.03 bits per heavy atom. The Morgan fingerprint density at radius 2 is 1.76 bits per heavy atom. The molecule has 1 saturated heterocycles. The molecule has 0 bridgehead atoms. The zero-order chi connectivity index (χ0) is 26.7. The van der Waals surface area contributed by atoms with Gasteiger partial charge in [-0.25, -0.2) is 4.98 Å². The summed E-state index contributed by atoms with van der Waals surface area (Å²) in [6, 6.07) is 13.6. The van der Waals surface area contributed by atoms with E-state index in [0.717, 1.165) is 18.5 Å². The molecule has 3 aromatic rings. The minimum Gasteiger partial charge on any atom is -0.338 e. The van der Waals surface area contributed by atoms with Gasteiger partial charge in [0.2, 0.25) is 5.95 Å². The van der Waals surface area contributed by atoms with E-state index >= 15 is 0 Å². The smallest absolute Gasteiger partial charge is 0.299 e. The highest BCUT2D eigenvalue weighted by atomic mass is 35.5. The van der Waals surface area contributed by atoms with Crippen LogP contribution in [-0.2, 0) is 27.1 Å². The highest BCUT2D eigenvalue weighted by Gasteiger charge is 2.25. The number of fused-ring (bicyclic) bond motifs is 1. The Kier molecular flexibility index (Phi) is 8.18. The van der Waals surface area contributed by atoms with E-state index < -0.39 is 16.2 Å². The number of hydrogen-bond donors (Lipinski definition) is 2. The number of hydrogen-bond acceptors (Lipinski definition) is 8. The molecule has 1 aliphatic heterocycles. The number of likely N-dealkylation sites (tertiary alicyclic amines) is 1. The van der Waals surface area contributed by atoms with Crippen LogP contribution in [0.3, 0.4) is 0 Å². The quantitative estimate of drug-likeness (QED) is 0.255. The van der Waals surface area contributed by atoms with E-state index in [0.29, 0.717) is 23.5 Å². The van der Waals surface area contributed by atoms with Crippen molar-refractivity contribution in [3.63, 3.8) is 0 Å². The van der Waals surface area contributed by atoms with Crippen LogP contribution in [0.15, 0.2) is 53.6 Å². The van der Waals surface area contributed by atoms with Gasteiger partial charge < -0.3 is 15.5 Å². The third-order valence-corrected chi connectivity index (χ3v) is 8.90. The largest absolute Gasteiger partial charge is 0.338 e. The topological polar surface area (TPSA) is 96.5 Å². The fourth-order valence-corrected chi connectivity index (χ4v) is 6.69. The second kappa shape index (κ2) is 11.6. The second-order valence-electron chi connectivity index (χ2n) is 10.2. The van der Waals surface area contributed by atoms with Gasteiger partial charge in [0.1, 0.15) is 9.92 Å². The number of benzene rings is 2. The lowest BCUT2D eigenvalue weighted by atomic mass is 10.0. The van der Waals surface area contributed by atoms with E-state index in [1.165, 1.54) is 62.2 Å². The van der Waals surface area contributed by atoms with Crippen molar-refractivity contribution in [3.05, 3.63) is 64.8 Å². The first-order valence-corrected chi connectivity index (χ1v) is 15.0. The SMILES string of the molecule is CC(C)OS(=O)(=O)c1ccccc1Nc1nc(Nc2ccc3c(c2)CC[C@@H](N2CCCC2)CC3)ncc1Cl. The van der Waals surface area contributed by atoms with Crippen LogP contribution >= 0.6 is 11.6 Å². The van der Waals surface area contributed by atoms with Crippen molar-refractivity contribution in [2.24, 2.45) is 0 Å². The summed E-state index contributed by atoms with van der Waals surface area (Å²) in [4.78, 5) is 11.5. The minimum absolute atomic E-state index is 0.0101. The van der Waals surface area contributed by atoms with Crippen LogP contribution in [0, 0.1) is 0 Å². The van der Waals surface area contributed by atoms with Gasteiger partial charge in [0.05, 0.1) is 18.0 Å². The lowest BCUT2D eigenvalue weighted by Crippen LogP contribution is -2.32. The highest BCUT2D eigenvalue weighted by molar-refractivity contribution is 7.87. The van der Waals surface area contributed by atoms with Gasteiger partial charge in [-0.3, -0.25) is 4.18 Å². The molecule has 1 aliphatic carbocycles. The number of aromatic nitrogens is 2. The molecule has 0 amide bonds. The van der Waals surface area contributed by atoms with E-state index in [1.807, 2.05) is 0 Å². The highest BCUT2D eigenvalue weighted by Crippen LogP contribution is 2.31. The van der Waals surface area contributed by atoms with Crippen molar-refractivity contribution in [2.45, 2.75) is 69.4 Å². The number of nitrogens with zero attached hydrogens (tertiary/aromatic N) is 3. The Balaban J connectivity index is 1.33. The molecule has 5 rings (SSSR count).